The van der Waals surface area contributed by atoms with Gasteiger partial charge in [0.25, 0.3) is 0 Å². The molecule has 1 heterocycles. The predicted molar refractivity (Wildman–Crippen MR) is 93.3 cm³/mol. The van der Waals surface area contributed by atoms with E-state index in [0.717, 1.165) is 24.5 Å². The van der Waals surface area contributed by atoms with Gasteiger partial charge in [0.2, 0.25) is 0 Å². The Balaban J connectivity index is 1.82. The lowest BCUT2D eigenvalue weighted by Crippen LogP contribution is -2.49. The summed E-state index contributed by atoms with van der Waals surface area (Å²) in [6, 6.07) is 7.98. The fourth-order valence-corrected chi connectivity index (χ4v) is 3.17. The first kappa shape index (κ1) is 18.0. The molecule has 0 saturated carbocycles. The van der Waals surface area contributed by atoms with Crippen LogP contribution in [-0.4, -0.2) is 68.2 Å². The van der Waals surface area contributed by atoms with Gasteiger partial charge >= 0.3 is 0 Å². The van der Waals surface area contributed by atoms with Gasteiger partial charge in [-0.3, -0.25) is 4.90 Å². The van der Waals surface area contributed by atoms with E-state index < -0.39 is 0 Å². The van der Waals surface area contributed by atoms with Crippen LogP contribution in [0.15, 0.2) is 24.3 Å². The maximum absolute atomic E-state index is 10.4. The van der Waals surface area contributed by atoms with Gasteiger partial charge in [0, 0.05) is 38.9 Å². The van der Waals surface area contributed by atoms with Crippen molar-refractivity contribution < 1.29 is 14.6 Å². The average molecular weight is 322 g/mol. The number of β-amino-alcohol motifs (C(OH)–C–C–N with tert-alkyl or cyclic N) is 1. The first-order valence-electron chi connectivity index (χ1n) is 8.47. The van der Waals surface area contributed by atoms with Gasteiger partial charge in [0.1, 0.15) is 5.75 Å². The quantitative estimate of drug-likeness (QED) is 0.832. The predicted octanol–water partition coefficient (Wildman–Crippen LogP) is 1.99. The van der Waals surface area contributed by atoms with Gasteiger partial charge in [0.05, 0.1) is 24.9 Å². The second-order valence-corrected chi connectivity index (χ2v) is 6.44. The number of ether oxygens (including phenoxy) is 2. The van der Waals surface area contributed by atoms with E-state index >= 15 is 0 Å². The Morgan fingerprint density at radius 1 is 1.26 bits per heavy atom. The van der Waals surface area contributed by atoms with Crippen LogP contribution in [0, 0.1) is 0 Å². The zero-order valence-corrected chi connectivity index (χ0v) is 14.7. The molecule has 1 saturated heterocycles. The molecule has 2 rings (SSSR count). The minimum absolute atomic E-state index is 0.231. The van der Waals surface area contributed by atoms with Gasteiger partial charge in [-0.25, -0.2) is 0 Å². The first-order valence-corrected chi connectivity index (χ1v) is 8.47. The standard InChI is InChI=1S/C18H30N2O3/c1-5-22-18-8-6-16(7-9-18)19(4)12-17(21)13-20-10-14(2)23-15(3)11-20/h6-9,14-15,17,21H,5,10-13H2,1-4H3. The minimum atomic E-state index is -0.385. The molecule has 1 aromatic carbocycles. The molecule has 3 unspecified atom stereocenters. The highest BCUT2D eigenvalue weighted by Crippen LogP contribution is 2.19. The van der Waals surface area contributed by atoms with Crippen LogP contribution < -0.4 is 9.64 Å². The van der Waals surface area contributed by atoms with Crippen LogP contribution in [0.4, 0.5) is 5.69 Å². The van der Waals surface area contributed by atoms with Crippen LogP contribution in [0.1, 0.15) is 20.8 Å². The summed E-state index contributed by atoms with van der Waals surface area (Å²) in [6.45, 7) is 9.87. The fraction of sp³-hybridized carbons (Fsp3) is 0.667. The SMILES string of the molecule is CCOc1ccc(N(C)CC(O)CN2CC(C)OC(C)C2)cc1. The van der Waals surface area contributed by atoms with Gasteiger partial charge in [-0.15, -0.1) is 0 Å². The van der Waals surface area contributed by atoms with E-state index in [2.05, 4.69) is 23.6 Å². The lowest BCUT2D eigenvalue weighted by atomic mass is 10.2. The van der Waals surface area contributed by atoms with Crippen molar-refractivity contribution in [1.82, 2.24) is 4.90 Å². The van der Waals surface area contributed by atoms with E-state index in [4.69, 9.17) is 9.47 Å². The number of aliphatic hydroxyl groups excluding tert-OH is 1. The third-order valence-corrected chi connectivity index (χ3v) is 4.04. The molecule has 0 radical (unpaired) electrons. The number of hydrogen-bond acceptors (Lipinski definition) is 5. The van der Waals surface area contributed by atoms with Crippen molar-refractivity contribution in [2.75, 3.05) is 44.7 Å². The van der Waals surface area contributed by atoms with E-state index in [1.807, 2.05) is 38.2 Å². The average Bonchev–Trinajstić information content (AvgIpc) is 2.47. The number of anilines is 1. The molecule has 1 N–H and O–H groups in total. The minimum Gasteiger partial charge on any atom is -0.494 e. The third kappa shape index (κ3) is 5.68. The fourth-order valence-electron chi connectivity index (χ4n) is 3.17. The molecule has 1 fully saturated rings. The largest absolute Gasteiger partial charge is 0.494 e. The molecule has 0 spiro atoms. The van der Waals surface area contributed by atoms with Gasteiger partial charge in [-0.2, -0.15) is 0 Å². The van der Waals surface area contributed by atoms with Crippen molar-refractivity contribution in [3.63, 3.8) is 0 Å². The van der Waals surface area contributed by atoms with Crippen LogP contribution >= 0.6 is 0 Å². The van der Waals surface area contributed by atoms with Crippen LogP contribution in [0.3, 0.4) is 0 Å². The summed E-state index contributed by atoms with van der Waals surface area (Å²) in [7, 11) is 2.00. The summed E-state index contributed by atoms with van der Waals surface area (Å²) in [5, 5.41) is 10.4. The zero-order chi connectivity index (χ0) is 16.8. The Morgan fingerprint density at radius 3 is 2.43 bits per heavy atom. The number of likely N-dealkylation sites (N-methyl/N-ethyl adjacent to an activating group) is 1. The first-order chi connectivity index (χ1) is 11.0. The molecule has 1 aromatic rings. The monoisotopic (exact) mass is 322 g/mol. The van der Waals surface area contributed by atoms with Crippen molar-refractivity contribution >= 4 is 5.69 Å². The number of benzene rings is 1. The highest BCUT2D eigenvalue weighted by Gasteiger charge is 2.24. The van der Waals surface area contributed by atoms with Crippen molar-refractivity contribution in [2.45, 2.75) is 39.1 Å². The summed E-state index contributed by atoms with van der Waals surface area (Å²) < 4.78 is 11.2. The molecule has 0 aromatic heterocycles. The van der Waals surface area contributed by atoms with E-state index in [1.165, 1.54) is 0 Å². The summed E-state index contributed by atoms with van der Waals surface area (Å²) in [4.78, 5) is 4.36. The molecule has 0 amide bonds. The van der Waals surface area contributed by atoms with E-state index in [1.54, 1.807) is 0 Å². The van der Waals surface area contributed by atoms with Gasteiger partial charge in [0.15, 0.2) is 0 Å². The maximum Gasteiger partial charge on any atom is 0.119 e. The smallest absolute Gasteiger partial charge is 0.119 e. The topological polar surface area (TPSA) is 45.2 Å². The van der Waals surface area contributed by atoms with Gasteiger partial charge < -0.3 is 19.5 Å². The Hall–Kier alpha value is -1.30. The van der Waals surface area contributed by atoms with Crippen LogP contribution in [0.2, 0.25) is 0 Å². The second kappa shape index (κ2) is 8.52. The van der Waals surface area contributed by atoms with Crippen molar-refractivity contribution in [1.29, 1.82) is 0 Å². The second-order valence-electron chi connectivity index (χ2n) is 6.44. The Labute approximate surface area is 139 Å². The van der Waals surface area contributed by atoms with E-state index in [0.29, 0.717) is 19.7 Å². The number of rotatable bonds is 7. The number of morpholine rings is 1. The zero-order valence-electron chi connectivity index (χ0n) is 14.7. The van der Waals surface area contributed by atoms with Crippen molar-refractivity contribution in [3.8, 4) is 5.75 Å². The Kier molecular flexibility index (Phi) is 6.69. The molecule has 0 bridgehead atoms. The molecule has 3 atom stereocenters. The number of nitrogens with zero attached hydrogens (tertiary/aromatic N) is 2. The number of aliphatic hydroxyl groups is 1. The van der Waals surface area contributed by atoms with Crippen molar-refractivity contribution in [2.24, 2.45) is 0 Å². The lowest BCUT2D eigenvalue weighted by Gasteiger charge is -2.36. The molecule has 23 heavy (non-hydrogen) atoms. The van der Waals surface area contributed by atoms with Crippen LogP contribution in [0.5, 0.6) is 5.75 Å². The molecular formula is C18H30N2O3. The van der Waals surface area contributed by atoms with Gasteiger partial charge in [-0.1, -0.05) is 0 Å². The molecule has 0 aliphatic carbocycles. The van der Waals surface area contributed by atoms with Crippen LogP contribution in [0.25, 0.3) is 0 Å². The van der Waals surface area contributed by atoms with E-state index in [9.17, 15) is 5.11 Å². The highest BCUT2D eigenvalue weighted by molar-refractivity contribution is 5.48. The summed E-state index contributed by atoms with van der Waals surface area (Å²) in [6.07, 6.45) is 0.0775. The lowest BCUT2D eigenvalue weighted by molar-refractivity contribution is -0.0758. The molecule has 5 nitrogen and oxygen atoms in total. The summed E-state index contributed by atoms with van der Waals surface area (Å²) in [5.74, 6) is 0.876. The molecule has 130 valence electrons. The maximum atomic E-state index is 10.4. The highest BCUT2D eigenvalue weighted by atomic mass is 16.5. The third-order valence-electron chi connectivity index (χ3n) is 4.04. The molecule has 1 aliphatic heterocycles. The summed E-state index contributed by atoms with van der Waals surface area (Å²) in [5.41, 5.74) is 1.08. The molecular weight excluding hydrogens is 292 g/mol. The Bertz CT molecular complexity index is 456. The number of hydrogen-bond donors (Lipinski definition) is 1. The van der Waals surface area contributed by atoms with Crippen LogP contribution in [-0.2, 0) is 4.74 Å². The molecule has 1 aliphatic rings. The molecule has 5 heteroatoms. The van der Waals surface area contributed by atoms with Crippen molar-refractivity contribution in [3.05, 3.63) is 24.3 Å². The summed E-state index contributed by atoms with van der Waals surface area (Å²) >= 11 is 0. The normalized spacial score (nSPS) is 23.5. The Morgan fingerprint density at radius 2 is 1.87 bits per heavy atom. The van der Waals surface area contributed by atoms with E-state index in [-0.39, 0.29) is 18.3 Å². The van der Waals surface area contributed by atoms with Gasteiger partial charge in [-0.05, 0) is 45.0 Å².